The highest BCUT2D eigenvalue weighted by molar-refractivity contribution is 6.34. The van der Waals surface area contributed by atoms with E-state index < -0.39 is 35.1 Å². The molecule has 57 heavy (non-hydrogen) atoms. The molecule has 2 aliphatic rings. The number of nitrogens with two attached hydrogens (primary N) is 2. The number of imidazole rings is 1. The molecule has 2 saturated heterocycles. The van der Waals surface area contributed by atoms with Crippen molar-refractivity contribution in [1.82, 2.24) is 34.0 Å². The number of rotatable bonds is 10. The van der Waals surface area contributed by atoms with Crippen LogP contribution in [0.25, 0.3) is 16.9 Å². The average Bonchev–Trinajstić information content (AvgIpc) is 3.78. The predicted octanol–water partition coefficient (Wildman–Crippen LogP) is 2.03. The number of aromatic nitrogens is 4. The number of halogens is 5. The minimum atomic E-state index is -4.94. The fourth-order valence-electron chi connectivity index (χ4n) is 7.14. The zero-order chi connectivity index (χ0) is 41.2. The van der Waals surface area contributed by atoms with Crippen LogP contribution in [-0.4, -0.2) is 134 Å². The van der Waals surface area contributed by atoms with E-state index in [4.69, 9.17) is 23.1 Å². The molecule has 4 heterocycles. The van der Waals surface area contributed by atoms with E-state index in [9.17, 15) is 41.8 Å². The van der Waals surface area contributed by atoms with Gasteiger partial charge in [-0.15, -0.1) is 0 Å². The van der Waals surface area contributed by atoms with Gasteiger partial charge in [0.25, 0.3) is 11.8 Å². The Labute approximate surface area is 328 Å². The molecule has 4 aromatic rings. The summed E-state index contributed by atoms with van der Waals surface area (Å²) in [4.78, 5) is 60.4. The Morgan fingerprint density at radius 3 is 2.26 bits per heavy atom. The van der Waals surface area contributed by atoms with Gasteiger partial charge in [0.05, 0.1) is 66.7 Å². The third-order valence-electron chi connectivity index (χ3n) is 10.2. The number of urea groups is 1. The molecule has 0 spiro atoms. The third kappa shape index (κ3) is 8.82. The second-order valence-corrected chi connectivity index (χ2v) is 14.4. The number of carbonyl (C=O) groups excluding carboxylic acids is 4. The summed E-state index contributed by atoms with van der Waals surface area (Å²) in [6, 6.07) is 7.50. The van der Waals surface area contributed by atoms with Crippen molar-refractivity contribution in [2.24, 2.45) is 12.8 Å². The molecule has 16 nitrogen and oxygen atoms in total. The summed E-state index contributed by atoms with van der Waals surface area (Å²) in [7, 11) is 1.34. The van der Waals surface area contributed by atoms with Crippen molar-refractivity contribution in [3.05, 3.63) is 76.7 Å². The molecule has 304 valence electrons. The number of nitrogen functional groups attached to an aromatic ring is 1. The molecule has 21 heteroatoms. The van der Waals surface area contributed by atoms with E-state index in [1.165, 1.54) is 37.4 Å². The molecule has 0 atom stereocenters. The quantitative estimate of drug-likeness (QED) is 0.122. The number of hydrogen-bond donors (Lipinski definition) is 3. The van der Waals surface area contributed by atoms with E-state index in [1.807, 2.05) is 0 Å². The molecule has 0 saturated carbocycles. The highest BCUT2D eigenvalue weighted by atomic mass is 35.5. The smallest absolute Gasteiger partial charge is 0.435 e. The first-order valence-electron chi connectivity index (χ1n) is 17.9. The molecule has 0 aliphatic carbocycles. The van der Waals surface area contributed by atoms with Gasteiger partial charge in [0.15, 0.2) is 17.3 Å². The van der Waals surface area contributed by atoms with Crippen molar-refractivity contribution < 1.29 is 46.3 Å². The van der Waals surface area contributed by atoms with E-state index in [-0.39, 0.29) is 83.8 Å². The van der Waals surface area contributed by atoms with Gasteiger partial charge >= 0.3 is 12.2 Å². The Hall–Kier alpha value is -5.73. The number of carbonyl (C=O) groups is 4. The summed E-state index contributed by atoms with van der Waals surface area (Å²) >= 11 is 6.50. The van der Waals surface area contributed by atoms with Crippen molar-refractivity contribution in [3.8, 4) is 16.9 Å². The number of hydrogen-bond acceptors (Lipinski definition) is 9. The zero-order valence-corrected chi connectivity index (χ0v) is 31.5. The van der Waals surface area contributed by atoms with Crippen LogP contribution in [-0.2, 0) is 18.0 Å². The topological polar surface area (TPSA) is 201 Å². The second kappa shape index (κ2) is 16.4. The number of quaternary nitrogens is 1. The van der Waals surface area contributed by atoms with Crippen LogP contribution in [0.2, 0.25) is 5.02 Å². The molecule has 2 fully saturated rings. The Morgan fingerprint density at radius 1 is 0.982 bits per heavy atom. The number of anilines is 2. The van der Waals surface area contributed by atoms with E-state index in [1.54, 1.807) is 14.7 Å². The minimum Gasteiger partial charge on any atom is -0.544 e. The van der Waals surface area contributed by atoms with Gasteiger partial charge < -0.3 is 50.4 Å². The van der Waals surface area contributed by atoms with Gasteiger partial charge in [0.1, 0.15) is 12.2 Å². The van der Waals surface area contributed by atoms with Gasteiger partial charge in [0.2, 0.25) is 0 Å². The van der Waals surface area contributed by atoms with Gasteiger partial charge in [-0.2, -0.15) is 18.3 Å². The lowest BCUT2D eigenvalue weighted by atomic mass is 10.1. The second-order valence-electron chi connectivity index (χ2n) is 14.0. The van der Waals surface area contributed by atoms with Gasteiger partial charge in [-0.3, -0.25) is 9.59 Å². The van der Waals surface area contributed by atoms with E-state index in [2.05, 4.69) is 15.4 Å². The summed E-state index contributed by atoms with van der Waals surface area (Å²) in [5, 5.41) is 17.6. The molecule has 0 radical (unpaired) electrons. The first kappa shape index (κ1) is 40.9. The monoisotopic (exact) mass is 817 g/mol. The number of nitrogens with zero attached hydrogens (tertiary/aromatic N) is 8. The Kier molecular flexibility index (Phi) is 11.8. The van der Waals surface area contributed by atoms with Crippen LogP contribution in [0.15, 0.2) is 48.8 Å². The number of piperazine rings is 2. The number of carboxylic acid groups (broad SMARTS) is 1. The zero-order valence-electron chi connectivity index (χ0n) is 30.8. The van der Waals surface area contributed by atoms with Crippen molar-refractivity contribution in [2.45, 2.75) is 12.6 Å². The molecule has 2 aromatic heterocycles. The standard InChI is InChI=1S/C36H40ClF4N11O5/c1-47-29(25-20-51(46-31(25)36(39,40)41)28-6-3-22(43)17-27(28)38)19-44-32(47)33(55)45-23-4-5-24(26(37)18-23)34(56)48-8-10-49(11-9-48)35(57)50-12-15-52(16-13-50,14-2-7-42)21-30(53)54/h3-6,17-20H,2,7-16,21,42-43H2,1H3,(H-,45,53,54,55,56). The van der Waals surface area contributed by atoms with Crippen LogP contribution in [0, 0.1) is 5.82 Å². The van der Waals surface area contributed by atoms with Crippen LogP contribution in [0.3, 0.4) is 0 Å². The molecular formula is C36H40ClF4N11O5. The summed E-state index contributed by atoms with van der Waals surface area (Å²) in [6.45, 7) is 3.62. The average molecular weight is 818 g/mol. The Bertz CT molecular complexity index is 2180. The maximum absolute atomic E-state index is 14.6. The number of benzene rings is 2. The lowest BCUT2D eigenvalue weighted by molar-refractivity contribution is -0.926. The summed E-state index contributed by atoms with van der Waals surface area (Å²) in [6.07, 6.45) is -2.23. The van der Waals surface area contributed by atoms with E-state index >= 15 is 0 Å². The summed E-state index contributed by atoms with van der Waals surface area (Å²) < 4.78 is 59.0. The van der Waals surface area contributed by atoms with Gasteiger partial charge in [-0.1, -0.05) is 11.6 Å². The first-order valence-corrected chi connectivity index (χ1v) is 18.3. The van der Waals surface area contributed by atoms with Crippen molar-refractivity contribution >= 4 is 46.8 Å². The van der Waals surface area contributed by atoms with Gasteiger partial charge in [0, 0.05) is 57.2 Å². The maximum Gasteiger partial charge on any atom is 0.435 e. The Morgan fingerprint density at radius 2 is 1.65 bits per heavy atom. The molecule has 2 aromatic carbocycles. The van der Waals surface area contributed by atoms with Crippen LogP contribution in [0.4, 0.5) is 33.7 Å². The van der Waals surface area contributed by atoms with Crippen molar-refractivity contribution in [2.75, 3.05) is 83.0 Å². The molecule has 0 bridgehead atoms. The molecule has 2 aliphatic heterocycles. The van der Waals surface area contributed by atoms with Crippen LogP contribution >= 0.6 is 11.6 Å². The predicted molar refractivity (Wildman–Crippen MR) is 197 cm³/mol. The lowest BCUT2D eigenvalue weighted by Crippen LogP contribution is -2.65. The number of carboxylic acids is 1. The van der Waals surface area contributed by atoms with Crippen molar-refractivity contribution in [1.29, 1.82) is 0 Å². The molecule has 5 N–H and O–H groups in total. The normalized spacial score (nSPS) is 15.8. The first-order chi connectivity index (χ1) is 27.0. The Balaban J connectivity index is 1.07. The molecule has 0 unspecified atom stereocenters. The van der Waals surface area contributed by atoms with E-state index in [0.717, 1.165) is 27.7 Å². The van der Waals surface area contributed by atoms with Gasteiger partial charge in [-0.05, 0) is 42.9 Å². The lowest BCUT2D eigenvalue weighted by Gasteiger charge is -2.46. The fourth-order valence-corrected chi connectivity index (χ4v) is 7.40. The number of aliphatic carboxylic acids is 1. The maximum atomic E-state index is 14.6. The highest BCUT2D eigenvalue weighted by Gasteiger charge is 2.40. The van der Waals surface area contributed by atoms with Gasteiger partial charge in [-0.25, -0.2) is 18.9 Å². The third-order valence-corrected chi connectivity index (χ3v) is 10.5. The minimum absolute atomic E-state index is 0.0232. The molecule has 6 rings (SSSR count). The summed E-state index contributed by atoms with van der Waals surface area (Å²) in [5.74, 6) is -3.48. The summed E-state index contributed by atoms with van der Waals surface area (Å²) in [5.41, 5.74) is 9.45. The van der Waals surface area contributed by atoms with E-state index in [0.29, 0.717) is 50.2 Å². The van der Waals surface area contributed by atoms with Crippen LogP contribution in [0.5, 0.6) is 0 Å². The SMILES string of the molecule is Cn1c(-c2cn(-c3ccc(N)cc3F)nc2C(F)(F)F)cnc1C(=O)Nc1ccc(C(=O)N2CCN(C(=O)N3CC[N+](CCCN)(CC(=O)[O-])CC3)CC2)c(Cl)c1. The van der Waals surface area contributed by atoms with Crippen molar-refractivity contribution in [3.63, 3.8) is 0 Å². The van der Waals surface area contributed by atoms with Crippen LogP contribution in [0.1, 0.15) is 33.1 Å². The largest absolute Gasteiger partial charge is 0.544 e. The number of nitrogens with one attached hydrogen (secondary N) is 1. The molecular weight excluding hydrogens is 778 g/mol. The number of amides is 4. The highest BCUT2D eigenvalue weighted by Crippen LogP contribution is 2.37. The number of alkyl halides is 3. The molecule has 4 amide bonds. The van der Waals surface area contributed by atoms with Crippen LogP contribution < -0.4 is 21.9 Å². The fraction of sp³-hybridized carbons (Fsp3) is 0.389.